The average Bonchev–Trinajstić information content (AvgIpc) is 1.86. The van der Waals surface area contributed by atoms with Crippen molar-refractivity contribution in [3.63, 3.8) is 0 Å². The Kier molecular flexibility index (Phi) is 3.87. The molecule has 68 valence electrons. The number of pyridine rings is 1. The number of aliphatic hydroxyl groups is 1. The zero-order valence-corrected chi connectivity index (χ0v) is 8.09. The number of hydrogen-bond acceptors (Lipinski definition) is 2. The van der Waals surface area contributed by atoms with Crippen LogP contribution in [-0.2, 0) is 5.60 Å². The number of rotatable bonds is 1. The van der Waals surface area contributed by atoms with E-state index in [2.05, 4.69) is 20.9 Å². The second kappa shape index (κ2) is 4.01. The van der Waals surface area contributed by atoms with Crippen LogP contribution in [0.15, 0.2) is 22.9 Å². The Morgan fingerprint density at radius 2 is 2.00 bits per heavy atom. The SMILES string of the molecule is C.CC(C)(O)c1ccc(Br)nc1. The van der Waals surface area contributed by atoms with Gasteiger partial charge in [-0.1, -0.05) is 13.5 Å². The summed E-state index contributed by atoms with van der Waals surface area (Å²) >= 11 is 3.22. The van der Waals surface area contributed by atoms with E-state index in [0.717, 1.165) is 10.2 Å². The molecule has 0 saturated carbocycles. The summed E-state index contributed by atoms with van der Waals surface area (Å²) in [6.45, 7) is 3.47. The van der Waals surface area contributed by atoms with Gasteiger partial charge >= 0.3 is 0 Å². The van der Waals surface area contributed by atoms with E-state index in [1.54, 1.807) is 20.0 Å². The minimum atomic E-state index is -0.798. The fourth-order valence-corrected chi connectivity index (χ4v) is 0.972. The smallest absolute Gasteiger partial charge is 0.106 e. The van der Waals surface area contributed by atoms with Crippen molar-refractivity contribution in [1.29, 1.82) is 0 Å². The van der Waals surface area contributed by atoms with Crippen molar-refractivity contribution in [2.45, 2.75) is 26.9 Å². The lowest BCUT2D eigenvalue weighted by Crippen LogP contribution is -2.15. The fraction of sp³-hybridized carbons (Fsp3) is 0.444. The van der Waals surface area contributed by atoms with Gasteiger partial charge in [-0.2, -0.15) is 0 Å². The zero-order chi connectivity index (χ0) is 8.48. The summed E-state index contributed by atoms with van der Waals surface area (Å²) in [6, 6.07) is 3.66. The topological polar surface area (TPSA) is 33.1 Å². The summed E-state index contributed by atoms with van der Waals surface area (Å²) in [7, 11) is 0. The van der Waals surface area contributed by atoms with Crippen LogP contribution in [0.1, 0.15) is 26.8 Å². The molecule has 0 aliphatic rings. The molecule has 1 heterocycles. The monoisotopic (exact) mass is 231 g/mol. The van der Waals surface area contributed by atoms with Gasteiger partial charge in [-0.3, -0.25) is 0 Å². The first-order chi connectivity index (χ1) is 5.00. The minimum absolute atomic E-state index is 0. The van der Waals surface area contributed by atoms with Gasteiger partial charge in [-0.15, -0.1) is 0 Å². The van der Waals surface area contributed by atoms with E-state index < -0.39 is 5.60 Å². The molecule has 0 unspecified atom stereocenters. The Labute approximate surface area is 81.8 Å². The van der Waals surface area contributed by atoms with Gasteiger partial charge in [0, 0.05) is 11.8 Å². The lowest BCUT2D eigenvalue weighted by molar-refractivity contribution is 0.0782. The van der Waals surface area contributed by atoms with Crippen LogP contribution in [0.4, 0.5) is 0 Å². The van der Waals surface area contributed by atoms with Gasteiger partial charge in [-0.05, 0) is 35.8 Å². The predicted molar refractivity (Wildman–Crippen MR) is 53.9 cm³/mol. The van der Waals surface area contributed by atoms with E-state index in [1.165, 1.54) is 0 Å². The maximum atomic E-state index is 9.52. The quantitative estimate of drug-likeness (QED) is 0.755. The summed E-state index contributed by atoms with van der Waals surface area (Å²) in [6.07, 6.45) is 1.66. The largest absolute Gasteiger partial charge is 0.386 e. The molecule has 1 aromatic rings. The maximum Gasteiger partial charge on any atom is 0.106 e. The second-order valence-corrected chi connectivity index (χ2v) is 3.74. The summed E-state index contributed by atoms with van der Waals surface area (Å²) in [5, 5.41) is 9.52. The van der Waals surface area contributed by atoms with Crippen LogP contribution in [0.5, 0.6) is 0 Å². The van der Waals surface area contributed by atoms with Crippen molar-refractivity contribution < 1.29 is 5.11 Å². The molecule has 2 nitrogen and oxygen atoms in total. The maximum absolute atomic E-state index is 9.52. The molecule has 0 aliphatic carbocycles. The molecule has 0 atom stereocenters. The van der Waals surface area contributed by atoms with Gasteiger partial charge in [0.15, 0.2) is 0 Å². The average molecular weight is 232 g/mol. The van der Waals surface area contributed by atoms with E-state index in [4.69, 9.17) is 0 Å². The number of nitrogens with zero attached hydrogens (tertiary/aromatic N) is 1. The van der Waals surface area contributed by atoms with Gasteiger partial charge < -0.3 is 5.11 Å². The first kappa shape index (κ1) is 11.6. The van der Waals surface area contributed by atoms with Crippen molar-refractivity contribution in [3.05, 3.63) is 28.5 Å². The Balaban J connectivity index is 0.00000121. The number of aromatic nitrogens is 1. The number of hydrogen-bond donors (Lipinski definition) is 1. The second-order valence-electron chi connectivity index (χ2n) is 2.93. The van der Waals surface area contributed by atoms with Crippen molar-refractivity contribution in [2.24, 2.45) is 0 Å². The predicted octanol–water partition coefficient (Wildman–Crippen LogP) is 2.71. The molecule has 1 N–H and O–H groups in total. The summed E-state index contributed by atoms with van der Waals surface area (Å²) in [4.78, 5) is 4.00. The third-order valence-electron chi connectivity index (χ3n) is 1.43. The van der Waals surface area contributed by atoms with Gasteiger partial charge in [0.2, 0.25) is 0 Å². The fourth-order valence-electron chi connectivity index (χ4n) is 0.738. The summed E-state index contributed by atoms with van der Waals surface area (Å²) < 4.78 is 0.783. The third-order valence-corrected chi connectivity index (χ3v) is 1.90. The standard InChI is InChI=1S/C8H10BrNO.CH4/c1-8(2,11)6-3-4-7(9)10-5-6;/h3-5,11H,1-2H3;1H4. The van der Waals surface area contributed by atoms with E-state index in [0.29, 0.717) is 0 Å². The van der Waals surface area contributed by atoms with Gasteiger partial charge in [0.1, 0.15) is 4.60 Å². The van der Waals surface area contributed by atoms with Crippen molar-refractivity contribution in [2.75, 3.05) is 0 Å². The normalized spacial score (nSPS) is 10.7. The molecular formula is C9H14BrNO. The highest BCUT2D eigenvalue weighted by atomic mass is 79.9. The van der Waals surface area contributed by atoms with Crippen LogP contribution >= 0.6 is 15.9 Å². The van der Waals surface area contributed by atoms with Crippen LogP contribution in [0, 0.1) is 0 Å². The molecular weight excluding hydrogens is 218 g/mol. The highest BCUT2D eigenvalue weighted by molar-refractivity contribution is 9.10. The molecule has 0 fully saturated rings. The van der Waals surface area contributed by atoms with Crippen LogP contribution in [0.2, 0.25) is 0 Å². The molecule has 0 amide bonds. The highest BCUT2D eigenvalue weighted by Gasteiger charge is 2.15. The van der Waals surface area contributed by atoms with Crippen molar-refractivity contribution in [3.8, 4) is 0 Å². The molecule has 3 heteroatoms. The molecule has 1 aromatic heterocycles. The Morgan fingerprint density at radius 3 is 2.33 bits per heavy atom. The lowest BCUT2D eigenvalue weighted by atomic mass is 10.0. The van der Waals surface area contributed by atoms with Gasteiger partial charge in [0.05, 0.1) is 5.60 Å². The lowest BCUT2D eigenvalue weighted by Gasteiger charge is -2.16. The van der Waals surface area contributed by atoms with E-state index in [9.17, 15) is 5.11 Å². The molecule has 1 rings (SSSR count). The molecule has 0 spiro atoms. The first-order valence-corrected chi connectivity index (χ1v) is 4.14. The zero-order valence-electron chi connectivity index (χ0n) is 6.50. The first-order valence-electron chi connectivity index (χ1n) is 3.34. The van der Waals surface area contributed by atoms with E-state index in [-0.39, 0.29) is 7.43 Å². The Morgan fingerprint density at radius 1 is 1.42 bits per heavy atom. The summed E-state index contributed by atoms with van der Waals surface area (Å²) in [5.41, 5.74) is 0.0222. The Hall–Kier alpha value is -0.410. The van der Waals surface area contributed by atoms with Crippen LogP contribution < -0.4 is 0 Å². The van der Waals surface area contributed by atoms with E-state index in [1.807, 2.05) is 12.1 Å². The van der Waals surface area contributed by atoms with E-state index >= 15 is 0 Å². The molecule has 0 bridgehead atoms. The molecule has 0 aliphatic heterocycles. The molecule has 0 radical (unpaired) electrons. The van der Waals surface area contributed by atoms with Crippen molar-refractivity contribution in [1.82, 2.24) is 4.98 Å². The third kappa shape index (κ3) is 2.91. The Bertz CT molecular complexity index is 238. The molecule has 0 aromatic carbocycles. The van der Waals surface area contributed by atoms with Crippen LogP contribution in [0.3, 0.4) is 0 Å². The highest BCUT2D eigenvalue weighted by Crippen LogP contribution is 2.19. The van der Waals surface area contributed by atoms with Gasteiger partial charge in [-0.25, -0.2) is 4.98 Å². The number of halogens is 1. The molecule has 0 saturated heterocycles. The molecule has 12 heavy (non-hydrogen) atoms. The van der Waals surface area contributed by atoms with Gasteiger partial charge in [0.25, 0.3) is 0 Å². The van der Waals surface area contributed by atoms with Crippen LogP contribution in [-0.4, -0.2) is 10.1 Å². The summed E-state index contributed by atoms with van der Waals surface area (Å²) in [5.74, 6) is 0. The van der Waals surface area contributed by atoms with Crippen LogP contribution in [0.25, 0.3) is 0 Å². The minimum Gasteiger partial charge on any atom is -0.386 e. The van der Waals surface area contributed by atoms with Crippen molar-refractivity contribution >= 4 is 15.9 Å².